The summed E-state index contributed by atoms with van der Waals surface area (Å²) >= 11 is 0. The monoisotopic (exact) mass is 475 g/mol. The molecule has 0 radical (unpaired) electrons. The molecule has 1 aromatic carbocycles. The maximum Gasteiger partial charge on any atom is 0.355 e. The van der Waals surface area contributed by atoms with Gasteiger partial charge in [0, 0.05) is 11.3 Å². The average molecular weight is 476 g/mol. The zero-order chi connectivity index (χ0) is 25.2. The Balaban J connectivity index is 3.06. The number of hydrogen-bond donors (Lipinski definition) is 2. The normalized spacial score (nSPS) is 13.0. The molecule has 33 heavy (non-hydrogen) atoms. The minimum Gasteiger partial charge on any atom is -0.478 e. The largest absolute Gasteiger partial charge is 0.478 e. The summed E-state index contributed by atoms with van der Waals surface area (Å²) in [6, 6.07) is 5.24. The van der Waals surface area contributed by atoms with Gasteiger partial charge in [-0.25, -0.2) is 14.0 Å². The van der Waals surface area contributed by atoms with E-state index in [0.717, 1.165) is 0 Å². The summed E-state index contributed by atoms with van der Waals surface area (Å²) in [4.78, 5) is 41.6. The van der Waals surface area contributed by atoms with Gasteiger partial charge in [-0.3, -0.25) is 4.79 Å². The molecular formula is C25H34FNO5Si. The molecule has 6 nitrogen and oxygen atoms in total. The number of methoxy groups -OCH3 is 1. The van der Waals surface area contributed by atoms with Crippen LogP contribution in [-0.4, -0.2) is 43.0 Å². The van der Waals surface area contributed by atoms with E-state index in [4.69, 9.17) is 4.74 Å². The third-order valence-electron chi connectivity index (χ3n) is 6.96. The number of nitrogens with one attached hydrogen (secondary N) is 1. The Labute approximate surface area is 195 Å². The molecule has 1 atom stereocenters. The molecule has 2 aromatic rings. The number of carboxylic acids is 1. The van der Waals surface area contributed by atoms with E-state index in [1.807, 2.05) is 0 Å². The van der Waals surface area contributed by atoms with Crippen molar-refractivity contribution < 1.29 is 28.6 Å². The van der Waals surface area contributed by atoms with Crippen molar-refractivity contribution in [3.8, 4) is 11.1 Å². The summed E-state index contributed by atoms with van der Waals surface area (Å²) < 4.78 is 18.5. The molecule has 0 spiro atoms. The van der Waals surface area contributed by atoms with E-state index in [1.165, 1.54) is 38.3 Å². The van der Waals surface area contributed by atoms with E-state index in [-0.39, 0.29) is 44.9 Å². The van der Waals surface area contributed by atoms with Gasteiger partial charge < -0.3 is 14.8 Å². The average Bonchev–Trinajstić information content (AvgIpc) is 3.10. The van der Waals surface area contributed by atoms with Crippen LogP contribution in [0.1, 0.15) is 80.5 Å². The van der Waals surface area contributed by atoms with Crippen molar-refractivity contribution in [2.24, 2.45) is 0 Å². The van der Waals surface area contributed by atoms with Gasteiger partial charge in [-0.05, 0) is 41.2 Å². The Bertz CT molecular complexity index is 1020. The lowest BCUT2D eigenvalue weighted by Crippen LogP contribution is -2.53. The number of hydrogen-bond acceptors (Lipinski definition) is 4. The number of benzene rings is 1. The van der Waals surface area contributed by atoms with Gasteiger partial charge >= 0.3 is 11.9 Å². The third-order valence-corrected chi connectivity index (χ3v) is 14.7. The number of rotatable bonds is 9. The van der Waals surface area contributed by atoms with E-state index in [1.54, 1.807) is 0 Å². The van der Waals surface area contributed by atoms with Gasteiger partial charge in [0.05, 0.1) is 26.3 Å². The molecule has 2 rings (SSSR count). The molecule has 0 aliphatic carbocycles. The van der Waals surface area contributed by atoms with Crippen molar-refractivity contribution in [3.63, 3.8) is 0 Å². The molecule has 0 saturated carbocycles. The number of Topliss-reactive ketones (excluding diaryl/α,β-unsaturated/α-hetero) is 1. The number of esters is 1. The first-order valence-electron chi connectivity index (χ1n) is 11.2. The Morgan fingerprint density at radius 3 is 1.82 bits per heavy atom. The highest BCUT2D eigenvalue weighted by Crippen LogP contribution is 2.52. The van der Waals surface area contributed by atoms with Gasteiger partial charge in [0.15, 0.2) is 0 Å². The standard InChI is InChI=1S/C25H34FNO5Si/c1-13(2)33(14(3)4,15(5)6)23(16(7)28)21-20(24(29)30)19(22(27-21)25(31)32-8)17-9-11-18(26)12-10-17/h9-15,23,27H,1-8H3,(H,29,30). The Morgan fingerprint density at radius 2 is 1.45 bits per heavy atom. The van der Waals surface area contributed by atoms with Crippen LogP contribution in [-0.2, 0) is 9.53 Å². The lowest BCUT2D eigenvalue weighted by atomic mass is 9.98. The van der Waals surface area contributed by atoms with Crippen LogP contribution in [0.4, 0.5) is 4.39 Å². The zero-order valence-electron chi connectivity index (χ0n) is 20.6. The minimum atomic E-state index is -2.56. The zero-order valence-corrected chi connectivity index (χ0v) is 21.6. The molecule has 2 N–H and O–H groups in total. The van der Waals surface area contributed by atoms with Gasteiger partial charge in [-0.15, -0.1) is 0 Å². The maximum atomic E-state index is 13.6. The summed E-state index contributed by atoms with van der Waals surface area (Å²) in [6.45, 7) is 14.0. The lowest BCUT2D eigenvalue weighted by Gasteiger charge is -2.48. The summed E-state index contributed by atoms with van der Waals surface area (Å²) in [6.07, 6.45) is 0. The number of ketones is 1. The Hall–Kier alpha value is -2.74. The van der Waals surface area contributed by atoms with Crippen molar-refractivity contribution >= 4 is 25.8 Å². The van der Waals surface area contributed by atoms with Gasteiger partial charge in [0.2, 0.25) is 0 Å². The summed E-state index contributed by atoms with van der Waals surface area (Å²) in [5, 5.41) is 10.3. The predicted octanol–water partition coefficient (Wildman–Crippen LogP) is 6.20. The molecule has 0 bridgehead atoms. The fourth-order valence-electron chi connectivity index (χ4n) is 5.92. The van der Waals surface area contributed by atoms with Crippen molar-refractivity contribution in [1.82, 2.24) is 4.98 Å². The number of H-pyrrole nitrogens is 1. The number of carbonyl (C=O) groups excluding carboxylic acids is 2. The van der Waals surface area contributed by atoms with Crippen LogP contribution in [0.3, 0.4) is 0 Å². The highest BCUT2D eigenvalue weighted by atomic mass is 28.3. The van der Waals surface area contributed by atoms with Crippen LogP contribution in [0, 0.1) is 5.82 Å². The molecular weight excluding hydrogens is 441 g/mol. The number of halogens is 1. The quantitative estimate of drug-likeness (QED) is 0.333. The number of aromatic nitrogens is 1. The topological polar surface area (TPSA) is 96.5 Å². The number of aromatic carboxylic acids is 1. The van der Waals surface area contributed by atoms with Crippen LogP contribution in [0.25, 0.3) is 11.1 Å². The van der Waals surface area contributed by atoms with Crippen LogP contribution < -0.4 is 0 Å². The van der Waals surface area contributed by atoms with Gasteiger partial charge in [-0.1, -0.05) is 53.7 Å². The molecule has 0 aliphatic rings. The summed E-state index contributed by atoms with van der Waals surface area (Å²) in [5.41, 5.74) is 0.299. The van der Waals surface area contributed by atoms with E-state index < -0.39 is 31.4 Å². The molecule has 1 heterocycles. The van der Waals surface area contributed by atoms with Gasteiger partial charge in [0.25, 0.3) is 0 Å². The second kappa shape index (κ2) is 10.0. The van der Waals surface area contributed by atoms with E-state index in [0.29, 0.717) is 5.56 Å². The fraction of sp³-hybridized carbons (Fsp3) is 0.480. The smallest absolute Gasteiger partial charge is 0.355 e. The van der Waals surface area contributed by atoms with Gasteiger partial charge in [0.1, 0.15) is 17.3 Å². The van der Waals surface area contributed by atoms with Crippen LogP contribution in [0.2, 0.25) is 16.6 Å². The molecule has 0 amide bonds. The second-order valence-electron chi connectivity index (χ2n) is 9.48. The van der Waals surface area contributed by atoms with Crippen molar-refractivity contribution in [1.29, 1.82) is 0 Å². The number of carbonyl (C=O) groups is 3. The molecule has 0 aliphatic heterocycles. The van der Waals surface area contributed by atoms with Crippen molar-refractivity contribution in [3.05, 3.63) is 47.0 Å². The lowest BCUT2D eigenvalue weighted by molar-refractivity contribution is -0.117. The molecule has 180 valence electrons. The second-order valence-corrected chi connectivity index (χ2v) is 15.5. The van der Waals surface area contributed by atoms with Crippen LogP contribution >= 0.6 is 0 Å². The SMILES string of the molecule is COC(=O)c1[nH]c(C(C(C)=O)[Si](C(C)C)(C(C)C)C(C)C)c(C(=O)O)c1-c1ccc(F)cc1. The van der Waals surface area contributed by atoms with E-state index >= 15 is 0 Å². The molecule has 1 unspecified atom stereocenters. The van der Waals surface area contributed by atoms with Crippen molar-refractivity contribution in [2.75, 3.05) is 7.11 Å². The van der Waals surface area contributed by atoms with Crippen LogP contribution in [0.5, 0.6) is 0 Å². The summed E-state index contributed by atoms with van der Waals surface area (Å²) in [7, 11) is -1.35. The number of aromatic amines is 1. The fourth-order valence-corrected chi connectivity index (χ4v) is 13.3. The first-order valence-corrected chi connectivity index (χ1v) is 13.5. The van der Waals surface area contributed by atoms with Crippen molar-refractivity contribution in [2.45, 2.75) is 70.6 Å². The maximum absolute atomic E-state index is 13.6. The van der Waals surface area contributed by atoms with Gasteiger partial charge in [-0.2, -0.15) is 0 Å². The highest BCUT2D eigenvalue weighted by Gasteiger charge is 2.53. The number of ether oxygens (including phenoxy) is 1. The van der Waals surface area contributed by atoms with E-state index in [2.05, 4.69) is 46.5 Å². The highest BCUT2D eigenvalue weighted by molar-refractivity contribution is 6.87. The molecule has 1 aromatic heterocycles. The Morgan fingerprint density at radius 1 is 0.970 bits per heavy atom. The molecule has 0 fully saturated rings. The van der Waals surface area contributed by atoms with Crippen LogP contribution in [0.15, 0.2) is 24.3 Å². The third kappa shape index (κ3) is 4.53. The summed E-state index contributed by atoms with van der Waals surface area (Å²) in [5.74, 6) is -2.64. The number of carboxylic acid groups (broad SMARTS) is 1. The van der Waals surface area contributed by atoms with E-state index in [9.17, 15) is 23.9 Å². The first-order chi connectivity index (χ1) is 15.3. The Kier molecular flexibility index (Phi) is 8.06. The molecule has 8 heteroatoms. The predicted molar refractivity (Wildman–Crippen MR) is 129 cm³/mol. The molecule has 0 saturated heterocycles. The minimum absolute atomic E-state index is 0.0538. The first kappa shape index (κ1) is 26.5.